The molecule has 0 atom stereocenters. The van der Waals surface area contributed by atoms with Crippen LogP contribution < -0.4 is 15.6 Å². The number of H-pyrrole nitrogens is 2. The Morgan fingerprint density at radius 2 is 1.64 bits per heavy atom. The summed E-state index contributed by atoms with van der Waals surface area (Å²) in [7, 11) is -7.97. The number of aromatic amines is 2. The van der Waals surface area contributed by atoms with Crippen LogP contribution in [0.3, 0.4) is 0 Å². The molecule has 2 aromatic carbocycles. The molecule has 5 N–H and O–H groups in total. The molecule has 3 rings (SSSR count). The number of anilines is 1. The molecular weight excluding hydrogens is 368 g/mol. The van der Waals surface area contributed by atoms with E-state index in [1.807, 2.05) is 0 Å². The summed E-state index contributed by atoms with van der Waals surface area (Å²) in [5.74, 6) is 0. The fourth-order valence-corrected chi connectivity index (χ4v) is 4.25. The number of aryl methyl sites for hydroxylation is 1. The maximum atomic E-state index is 12.5. The first-order chi connectivity index (χ1) is 11.6. The molecule has 0 aliphatic heterocycles. The Bertz CT molecular complexity index is 1240. The summed E-state index contributed by atoms with van der Waals surface area (Å²) in [6.07, 6.45) is 0. The number of imidazole rings is 1. The van der Waals surface area contributed by atoms with Crippen molar-refractivity contribution in [1.82, 2.24) is 9.97 Å². The number of rotatable bonds is 4. The van der Waals surface area contributed by atoms with E-state index in [4.69, 9.17) is 5.14 Å². The zero-order valence-corrected chi connectivity index (χ0v) is 14.5. The lowest BCUT2D eigenvalue weighted by Gasteiger charge is -2.10. The molecule has 25 heavy (non-hydrogen) atoms. The fraction of sp³-hybridized carbons (Fsp3) is 0.0714. The van der Waals surface area contributed by atoms with E-state index in [1.165, 1.54) is 30.3 Å². The van der Waals surface area contributed by atoms with Crippen molar-refractivity contribution >= 4 is 36.8 Å². The van der Waals surface area contributed by atoms with Gasteiger partial charge in [-0.2, -0.15) is 0 Å². The van der Waals surface area contributed by atoms with Gasteiger partial charge in [0.05, 0.1) is 26.5 Å². The van der Waals surface area contributed by atoms with E-state index in [2.05, 4.69) is 14.7 Å². The molecule has 0 radical (unpaired) electrons. The molecular formula is C14H14N4O5S2. The molecule has 3 aromatic rings. The molecule has 11 heteroatoms. The summed E-state index contributed by atoms with van der Waals surface area (Å²) < 4.78 is 50.4. The molecule has 0 bridgehead atoms. The molecule has 0 aliphatic rings. The normalized spacial score (nSPS) is 12.4. The van der Waals surface area contributed by atoms with Crippen molar-refractivity contribution in [2.24, 2.45) is 5.14 Å². The second-order valence-corrected chi connectivity index (χ2v) is 8.63. The summed E-state index contributed by atoms with van der Waals surface area (Å²) in [6, 6.07) is 8.10. The van der Waals surface area contributed by atoms with Gasteiger partial charge in [-0.15, -0.1) is 0 Å². The lowest BCUT2D eigenvalue weighted by atomic mass is 10.2. The van der Waals surface area contributed by atoms with Crippen molar-refractivity contribution in [3.05, 3.63) is 52.4 Å². The van der Waals surface area contributed by atoms with Gasteiger partial charge >= 0.3 is 5.69 Å². The summed E-state index contributed by atoms with van der Waals surface area (Å²) in [5, 5.41) is 5.12. The maximum Gasteiger partial charge on any atom is 0.323 e. The van der Waals surface area contributed by atoms with Crippen molar-refractivity contribution in [2.75, 3.05) is 4.72 Å². The van der Waals surface area contributed by atoms with E-state index in [-0.39, 0.29) is 15.5 Å². The van der Waals surface area contributed by atoms with E-state index in [9.17, 15) is 21.6 Å². The van der Waals surface area contributed by atoms with Gasteiger partial charge < -0.3 is 9.97 Å². The molecule has 1 heterocycles. The minimum Gasteiger partial charge on any atom is -0.306 e. The molecule has 0 fully saturated rings. The lowest BCUT2D eigenvalue weighted by Crippen LogP contribution is -2.16. The SMILES string of the molecule is Cc1ccc(NS(=O)(=O)c2ccc3[nH]c(=O)[nH]c3c2)cc1S(N)(=O)=O. The van der Waals surface area contributed by atoms with E-state index in [0.717, 1.165) is 6.07 Å². The maximum absolute atomic E-state index is 12.5. The quantitative estimate of drug-likeness (QED) is 0.520. The van der Waals surface area contributed by atoms with Gasteiger partial charge in [0.25, 0.3) is 10.0 Å². The Morgan fingerprint density at radius 1 is 0.960 bits per heavy atom. The Balaban J connectivity index is 2.02. The van der Waals surface area contributed by atoms with Gasteiger partial charge in [-0.05, 0) is 42.8 Å². The largest absolute Gasteiger partial charge is 0.323 e. The molecule has 0 unspecified atom stereocenters. The third-order valence-corrected chi connectivity index (χ3v) is 5.98. The topological polar surface area (TPSA) is 155 Å². The minimum absolute atomic E-state index is 0.0530. The molecule has 132 valence electrons. The third-order valence-electron chi connectivity index (χ3n) is 3.54. The van der Waals surface area contributed by atoms with Gasteiger partial charge in [0.1, 0.15) is 0 Å². The molecule has 0 saturated carbocycles. The lowest BCUT2D eigenvalue weighted by molar-refractivity contribution is 0.596. The van der Waals surface area contributed by atoms with Crippen molar-refractivity contribution in [3.8, 4) is 0 Å². The number of hydrogen-bond donors (Lipinski definition) is 4. The van der Waals surface area contributed by atoms with Crippen LogP contribution in [0.4, 0.5) is 5.69 Å². The number of aromatic nitrogens is 2. The van der Waals surface area contributed by atoms with Crippen LogP contribution in [-0.2, 0) is 20.0 Å². The number of hydrogen-bond acceptors (Lipinski definition) is 5. The third kappa shape index (κ3) is 3.43. The zero-order valence-electron chi connectivity index (χ0n) is 12.9. The number of fused-ring (bicyclic) bond motifs is 1. The van der Waals surface area contributed by atoms with Gasteiger partial charge in [0.15, 0.2) is 0 Å². The Kier molecular flexibility index (Phi) is 3.94. The fourth-order valence-electron chi connectivity index (χ4n) is 2.36. The predicted octanol–water partition coefficient (Wildman–Crippen LogP) is 0.613. The number of sulfonamides is 2. The Morgan fingerprint density at radius 3 is 2.32 bits per heavy atom. The van der Waals surface area contributed by atoms with Gasteiger partial charge in [0, 0.05) is 0 Å². The van der Waals surface area contributed by atoms with E-state index >= 15 is 0 Å². The smallest absolute Gasteiger partial charge is 0.306 e. The second-order valence-electron chi connectivity index (χ2n) is 5.42. The van der Waals surface area contributed by atoms with Gasteiger partial charge in [-0.3, -0.25) is 4.72 Å². The van der Waals surface area contributed by atoms with E-state index in [1.54, 1.807) is 6.92 Å². The molecule has 0 aliphatic carbocycles. The van der Waals surface area contributed by atoms with Crippen LogP contribution >= 0.6 is 0 Å². The van der Waals surface area contributed by atoms with E-state index in [0.29, 0.717) is 16.6 Å². The van der Waals surface area contributed by atoms with Crippen LogP contribution in [0, 0.1) is 6.92 Å². The van der Waals surface area contributed by atoms with Crippen LogP contribution in [0.1, 0.15) is 5.56 Å². The van der Waals surface area contributed by atoms with Crippen LogP contribution in [0.25, 0.3) is 11.0 Å². The molecule has 0 saturated heterocycles. The number of nitrogens with two attached hydrogens (primary N) is 1. The first-order valence-corrected chi connectivity index (χ1v) is 9.97. The van der Waals surface area contributed by atoms with Crippen molar-refractivity contribution in [3.63, 3.8) is 0 Å². The van der Waals surface area contributed by atoms with Gasteiger partial charge in [-0.25, -0.2) is 26.8 Å². The van der Waals surface area contributed by atoms with Crippen LogP contribution in [0.15, 0.2) is 51.0 Å². The first kappa shape index (κ1) is 17.2. The van der Waals surface area contributed by atoms with Crippen molar-refractivity contribution in [2.45, 2.75) is 16.7 Å². The number of nitrogens with one attached hydrogen (secondary N) is 3. The molecule has 9 nitrogen and oxygen atoms in total. The highest BCUT2D eigenvalue weighted by molar-refractivity contribution is 7.92. The van der Waals surface area contributed by atoms with Crippen LogP contribution in [0.5, 0.6) is 0 Å². The summed E-state index contributed by atoms with van der Waals surface area (Å²) >= 11 is 0. The number of benzene rings is 2. The zero-order chi connectivity index (χ0) is 18.4. The van der Waals surface area contributed by atoms with Crippen LogP contribution in [0.2, 0.25) is 0 Å². The standard InChI is InChI=1S/C14H14N4O5S2/c1-8-2-3-9(6-13(8)24(15,20)21)18-25(22,23)10-4-5-11-12(7-10)17-14(19)16-11/h2-7,18H,1H3,(H2,15,20,21)(H2,16,17,19). The molecule has 0 spiro atoms. The molecule has 1 aromatic heterocycles. The van der Waals surface area contributed by atoms with Crippen molar-refractivity contribution < 1.29 is 16.8 Å². The van der Waals surface area contributed by atoms with Gasteiger partial charge in [-0.1, -0.05) is 6.07 Å². The second kappa shape index (κ2) is 5.72. The van der Waals surface area contributed by atoms with Gasteiger partial charge in [0.2, 0.25) is 10.0 Å². The monoisotopic (exact) mass is 382 g/mol. The Labute approximate surface area is 143 Å². The summed E-state index contributed by atoms with van der Waals surface area (Å²) in [5.41, 5.74) is 0.806. The van der Waals surface area contributed by atoms with Crippen molar-refractivity contribution in [1.29, 1.82) is 0 Å². The van der Waals surface area contributed by atoms with Crippen LogP contribution in [-0.4, -0.2) is 26.8 Å². The summed E-state index contributed by atoms with van der Waals surface area (Å²) in [6.45, 7) is 1.55. The summed E-state index contributed by atoms with van der Waals surface area (Å²) in [4.78, 5) is 16.0. The number of primary sulfonamides is 1. The Hall–Kier alpha value is -2.63. The molecule has 0 amide bonds. The minimum atomic E-state index is -3.99. The average molecular weight is 382 g/mol. The average Bonchev–Trinajstić information content (AvgIpc) is 2.87. The predicted molar refractivity (Wildman–Crippen MR) is 92.3 cm³/mol. The first-order valence-electron chi connectivity index (χ1n) is 6.94. The highest BCUT2D eigenvalue weighted by atomic mass is 32.2. The highest BCUT2D eigenvalue weighted by Gasteiger charge is 2.18. The highest BCUT2D eigenvalue weighted by Crippen LogP contribution is 2.23. The van der Waals surface area contributed by atoms with E-state index < -0.39 is 25.7 Å².